The Balaban J connectivity index is 2.78. The molecule has 15 heavy (non-hydrogen) atoms. The molecule has 4 nitrogen and oxygen atoms in total. The van der Waals surface area contributed by atoms with Crippen molar-refractivity contribution in [1.82, 2.24) is 5.32 Å². The van der Waals surface area contributed by atoms with E-state index >= 15 is 0 Å². The zero-order valence-corrected chi connectivity index (χ0v) is 9.04. The van der Waals surface area contributed by atoms with Crippen LogP contribution in [0.1, 0.15) is 11.1 Å². The van der Waals surface area contributed by atoms with Gasteiger partial charge in [0.1, 0.15) is 5.75 Å². The second-order valence-corrected chi connectivity index (χ2v) is 3.23. The SMILES string of the molecule is CNC(=O)COc1c(C)cccc1CN. The summed E-state index contributed by atoms with van der Waals surface area (Å²) in [5.74, 6) is 0.560. The van der Waals surface area contributed by atoms with Crippen LogP contribution in [-0.2, 0) is 11.3 Å². The van der Waals surface area contributed by atoms with Crippen LogP contribution < -0.4 is 15.8 Å². The minimum absolute atomic E-state index is 0.0222. The van der Waals surface area contributed by atoms with Crippen molar-refractivity contribution in [2.75, 3.05) is 13.7 Å². The van der Waals surface area contributed by atoms with E-state index in [-0.39, 0.29) is 12.5 Å². The maximum Gasteiger partial charge on any atom is 0.257 e. The Morgan fingerprint density at radius 1 is 1.53 bits per heavy atom. The van der Waals surface area contributed by atoms with Crippen molar-refractivity contribution < 1.29 is 9.53 Å². The van der Waals surface area contributed by atoms with Crippen LogP contribution in [0.25, 0.3) is 0 Å². The van der Waals surface area contributed by atoms with Crippen LogP contribution in [0, 0.1) is 6.92 Å². The van der Waals surface area contributed by atoms with Gasteiger partial charge in [-0.1, -0.05) is 18.2 Å². The first kappa shape index (κ1) is 11.5. The number of para-hydroxylation sites is 1. The minimum Gasteiger partial charge on any atom is -0.483 e. The van der Waals surface area contributed by atoms with Gasteiger partial charge in [-0.2, -0.15) is 0 Å². The maximum atomic E-state index is 11.0. The number of hydrogen-bond donors (Lipinski definition) is 2. The van der Waals surface area contributed by atoms with Gasteiger partial charge in [-0.05, 0) is 12.5 Å². The number of carbonyl (C=O) groups excluding carboxylic acids is 1. The highest BCUT2D eigenvalue weighted by Crippen LogP contribution is 2.22. The molecule has 0 bridgehead atoms. The molecule has 1 rings (SSSR count). The van der Waals surface area contributed by atoms with Gasteiger partial charge in [-0.25, -0.2) is 0 Å². The summed E-state index contributed by atoms with van der Waals surface area (Å²) in [5.41, 5.74) is 7.48. The van der Waals surface area contributed by atoms with Gasteiger partial charge in [0.05, 0.1) is 0 Å². The fourth-order valence-electron chi connectivity index (χ4n) is 1.29. The molecule has 1 aromatic rings. The lowest BCUT2D eigenvalue weighted by atomic mass is 10.1. The summed E-state index contributed by atoms with van der Waals surface area (Å²) in [7, 11) is 1.58. The summed E-state index contributed by atoms with van der Waals surface area (Å²) in [6, 6.07) is 5.74. The number of rotatable bonds is 4. The van der Waals surface area contributed by atoms with Crippen LogP contribution in [0.15, 0.2) is 18.2 Å². The van der Waals surface area contributed by atoms with E-state index in [0.29, 0.717) is 12.3 Å². The Labute approximate surface area is 89.4 Å². The van der Waals surface area contributed by atoms with Gasteiger partial charge in [0, 0.05) is 19.2 Å². The molecule has 0 saturated carbocycles. The molecule has 0 atom stereocenters. The molecule has 4 heteroatoms. The van der Waals surface area contributed by atoms with Crippen LogP contribution in [0.2, 0.25) is 0 Å². The molecular weight excluding hydrogens is 192 g/mol. The molecule has 3 N–H and O–H groups in total. The van der Waals surface area contributed by atoms with Crippen LogP contribution in [0.3, 0.4) is 0 Å². The van der Waals surface area contributed by atoms with E-state index in [9.17, 15) is 4.79 Å². The number of ether oxygens (including phenoxy) is 1. The van der Waals surface area contributed by atoms with Gasteiger partial charge in [0.2, 0.25) is 0 Å². The van der Waals surface area contributed by atoms with Crippen LogP contribution in [0.4, 0.5) is 0 Å². The smallest absolute Gasteiger partial charge is 0.257 e. The number of nitrogens with two attached hydrogens (primary N) is 1. The fraction of sp³-hybridized carbons (Fsp3) is 0.364. The second-order valence-electron chi connectivity index (χ2n) is 3.23. The summed E-state index contributed by atoms with van der Waals surface area (Å²) < 4.78 is 5.42. The Morgan fingerprint density at radius 2 is 2.27 bits per heavy atom. The predicted octanol–water partition coefficient (Wildman–Crippen LogP) is 0.579. The molecule has 0 aliphatic rings. The number of benzene rings is 1. The van der Waals surface area contributed by atoms with E-state index in [1.807, 2.05) is 25.1 Å². The van der Waals surface area contributed by atoms with Crippen LogP contribution in [-0.4, -0.2) is 19.6 Å². The quantitative estimate of drug-likeness (QED) is 0.760. The molecule has 0 fully saturated rings. The lowest BCUT2D eigenvalue weighted by Gasteiger charge is -2.12. The highest BCUT2D eigenvalue weighted by Gasteiger charge is 2.07. The number of carbonyl (C=O) groups is 1. The molecule has 0 heterocycles. The van der Waals surface area contributed by atoms with Crippen LogP contribution in [0.5, 0.6) is 5.75 Å². The first-order valence-corrected chi connectivity index (χ1v) is 4.81. The summed E-state index contributed by atoms with van der Waals surface area (Å²) in [5, 5.41) is 2.50. The topological polar surface area (TPSA) is 64.3 Å². The molecule has 0 unspecified atom stereocenters. The lowest BCUT2D eigenvalue weighted by molar-refractivity contribution is -0.122. The molecule has 0 aliphatic heterocycles. The molecule has 1 amide bonds. The van der Waals surface area contributed by atoms with E-state index in [2.05, 4.69) is 5.32 Å². The van der Waals surface area contributed by atoms with Gasteiger partial charge >= 0.3 is 0 Å². The minimum atomic E-state index is -0.152. The summed E-state index contributed by atoms with van der Waals surface area (Å²) in [4.78, 5) is 11.0. The fourth-order valence-corrected chi connectivity index (χ4v) is 1.29. The third-order valence-corrected chi connectivity index (χ3v) is 2.14. The summed E-state index contributed by atoms with van der Waals surface area (Å²) >= 11 is 0. The van der Waals surface area contributed by atoms with Crippen molar-refractivity contribution in [3.05, 3.63) is 29.3 Å². The third-order valence-electron chi connectivity index (χ3n) is 2.14. The second kappa shape index (κ2) is 5.36. The molecule has 82 valence electrons. The Hall–Kier alpha value is -1.55. The van der Waals surface area contributed by atoms with Crippen molar-refractivity contribution >= 4 is 5.91 Å². The molecule has 0 radical (unpaired) electrons. The summed E-state index contributed by atoms with van der Waals surface area (Å²) in [6.45, 7) is 2.36. The normalized spacial score (nSPS) is 9.80. The van der Waals surface area contributed by atoms with Gasteiger partial charge in [0.15, 0.2) is 6.61 Å². The largest absolute Gasteiger partial charge is 0.483 e. The van der Waals surface area contributed by atoms with Crippen molar-refractivity contribution in [1.29, 1.82) is 0 Å². The zero-order valence-electron chi connectivity index (χ0n) is 9.04. The van der Waals surface area contributed by atoms with E-state index < -0.39 is 0 Å². The monoisotopic (exact) mass is 208 g/mol. The Bertz CT molecular complexity index is 350. The average Bonchev–Trinajstić information content (AvgIpc) is 2.26. The van der Waals surface area contributed by atoms with Gasteiger partial charge < -0.3 is 15.8 Å². The zero-order chi connectivity index (χ0) is 11.3. The maximum absolute atomic E-state index is 11.0. The van der Waals surface area contributed by atoms with Crippen molar-refractivity contribution in [3.63, 3.8) is 0 Å². The third kappa shape index (κ3) is 2.95. The van der Waals surface area contributed by atoms with Gasteiger partial charge in [-0.15, -0.1) is 0 Å². The Kier molecular flexibility index (Phi) is 4.12. The van der Waals surface area contributed by atoms with E-state index in [4.69, 9.17) is 10.5 Å². The van der Waals surface area contributed by atoms with Crippen LogP contribution >= 0.6 is 0 Å². The molecule has 0 aliphatic carbocycles. The van der Waals surface area contributed by atoms with Crippen molar-refractivity contribution in [3.8, 4) is 5.75 Å². The lowest BCUT2D eigenvalue weighted by Crippen LogP contribution is -2.25. The van der Waals surface area contributed by atoms with E-state index in [1.54, 1.807) is 7.05 Å². The number of likely N-dealkylation sites (N-methyl/N-ethyl adjacent to an activating group) is 1. The summed E-state index contributed by atoms with van der Waals surface area (Å²) in [6.07, 6.45) is 0. The van der Waals surface area contributed by atoms with Crippen molar-refractivity contribution in [2.24, 2.45) is 5.73 Å². The number of amides is 1. The number of aryl methyl sites for hydroxylation is 1. The van der Waals surface area contributed by atoms with E-state index in [1.165, 1.54) is 0 Å². The first-order chi connectivity index (χ1) is 7.19. The molecule has 0 spiro atoms. The van der Waals surface area contributed by atoms with Gasteiger partial charge in [-0.3, -0.25) is 4.79 Å². The standard InChI is InChI=1S/C11H16N2O2/c1-8-4-3-5-9(6-12)11(8)15-7-10(14)13-2/h3-5H,6-7,12H2,1-2H3,(H,13,14). The molecule has 0 aromatic heterocycles. The van der Waals surface area contributed by atoms with Crippen molar-refractivity contribution in [2.45, 2.75) is 13.5 Å². The van der Waals surface area contributed by atoms with E-state index in [0.717, 1.165) is 11.1 Å². The highest BCUT2D eigenvalue weighted by molar-refractivity contribution is 5.77. The molecular formula is C11H16N2O2. The predicted molar refractivity (Wildman–Crippen MR) is 58.6 cm³/mol. The van der Waals surface area contributed by atoms with Gasteiger partial charge in [0.25, 0.3) is 5.91 Å². The first-order valence-electron chi connectivity index (χ1n) is 4.81. The highest BCUT2D eigenvalue weighted by atomic mass is 16.5. The average molecular weight is 208 g/mol. The Morgan fingerprint density at radius 3 is 2.87 bits per heavy atom. The number of hydrogen-bond acceptors (Lipinski definition) is 3. The molecule has 1 aromatic carbocycles. The molecule has 0 saturated heterocycles. The number of nitrogens with one attached hydrogen (secondary N) is 1.